The van der Waals surface area contributed by atoms with Crippen LogP contribution in [0.1, 0.15) is 60.2 Å². The predicted molar refractivity (Wildman–Crippen MR) is 107 cm³/mol. The van der Waals surface area contributed by atoms with Crippen LogP contribution in [-0.2, 0) is 21.7 Å². The summed E-state index contributed by atoms with van der Waals surface area (Å²) in [5.74, 6) is -2.55. The van der Waals surface area contributed by atoms with Gasteiger partial charge in [-0.25, -0.2) is 18.0 Å². The van der Waals surface area contributed by atoms with Crippen molar-refractivity contribution in [2.24, 2.45) is 5.92 Å². The van der Waals surface area contributed by atoms with E-state index in [1.54, 1.807) is 12.1 Å². The number of rotatable bonds is 9. The maximum atomic E-state index is 13.8. The van der Waals surface area contributed by atoms with Crippen LogP contribution < -0.4 is 5.32 Å². The van der Waals surface area contributed by atoms with E-state index in [4.69, 9.17) is 9.84 Å². The molecule has 31 heavy (non-hydrogen) atoms. The maximum Gasteiger partial charge on any atom is 0.335 e. The van der Waals surface area contributed by atoms with Crippen molar-refractivity contribution in [2.75, 3.05) is 0 Å². The van der Waals surface area contributed by atoms with Crippen molar-refractivity contribution in [2.45, 2.75) is 51.4 Å². The third-order valence-electron chi connectivity index (χ3n) is 5.39. The highest BCUT2D eigenvalue weighted by Crippen LogP contribution is 2.45. The average Bonchev–Trinajstić information content (AvgIpc) is 3.48. The summed E-state index contributed by atoms with van der Waals surface area (Å²) < 4.78 is 44.9. The van der Waals surface area contributed by atoms with Crippen molar-refractivity contribution in [1.82, 2.24) is 5.32 Å². The van der Waals surface area contributed by atoms with Crippen molar-refractivity contribution >= 4 is 11.9 Å². The lowest BCUT2D eigenvalue weighted by molar-refractivity contribution is -0.137. The summed E-state index contributed by atoms with van der Waals surface area (Å²) in [5.41, 5.74) is 0.102. The zero-order valence-corrected chi connectivity index (χ0v) is 17.2. The Balaban J connectivity index is 1.67. The molecule has 0 bridgehead atoms. The zero-order valence-electron chi connectivity index (χ0n) is 17.2. The predicted octanol–water partition coefficient (Wildman–Crippen LogP) is 4.81. The fraction of sp³-hybridized carbons (Fsp3) is 0.391. The van der Waals surface area contributed by atoms with Crippen molar-refractivity contribution in [1.29, 1.82) is 0 Å². The number of hydrogen-bond acceptors (Lipinski definition) is 3. The van der Waals surface area contributed by atoms with E-state index in [9.17, 15) is 22.8 Å². The first-order valence-corrected chi connectivity index (χ1v) is 9.97. The molecule has 1 saturated carbocycles. The van der Waals surface area contributed by atoms with Gasteiger partial charge in [-0.1, -0.05) is 38.1 Å². The fourth-order valence-electron chi connectivity index (χ4n) is 3.44. The van der Waals surface area contributed by atoms with Gasteiger partial charge in [-0.2, -0.15) is 0 Å². The number of halogens is 3. The number of nitrogens with one attached hydrogen (secondary N) is 1. The highest BCUT2D eigenvalue weighted by molar-refractivity contribution is 5.87. The number of aromatic carboxylic acids is 1. The molecule has 1 aliphatic carbocycles. The zero-order chi connectivity index (χ0) is 22.8. The normalized spacial score (nSPS) is 15.7. The lowest BCUT2D eigenvalue weighted by Crippen LogP contribution is -2.44. The van der Waals surface area contributed by atoms with Gasteiger partial charge in [0.05, 0.1) is 23.3 Å². The minimum Gasteiger partial charge on any atom is -0.478 e. The largest absolute Gasteiger partial charge is 0.478 e. The number of ether oxygens (including phenoxy) is 1. The molecule has 8 heteroatoms. The standard InChI is InChI=1S/C23H24F3NO4/c1-13(2)19(31-12-14-3-8-17(20(25)26)18(24)11-14)21(28)27-23(9-10-23)16-6-4-15(5-7-16)22(29)30/h3-8,11,13,19-20H,9-10,12H2,1-2H3,(H,27,28)(H,29,30)/t19-/m1/s1. The van der Waals surface area contributed by atoms with Crippen molar-refractivity contribution in [3.05, 3.63) is 70.5 Å². The molecular weight excluding hydrogens is 411 g/mol. The van der Waals surface area contributed by atoms with E-state index in [2.05, 4.69) is 5.32 Å². The van der Waals surface area contributed by atoms with Crippen LogP contribution in [0.4, 0.5) is 13.2 Å². The summed E-state index contributed by atoms with van der Waals surface area (Å²) >= 11 is 0. The molecule has 0 aromatic heterocycles. The number of alkyl halides is 2. The Bertz CT molecular complexity index is 956. The number of carboxylic acids is 1. The van der Waals surface area contributed by atoms with Crippen LogP contribution in [0.3, 0.4) is 0 Å². The smallest absolute Gasteiger partial charge is 0.335 e. The number of benzene rings is 2. The van der Waals surface area contributed by atoms with E-state index < -0.39 is 35.4 Å². The molecule has 2 aromatic carbocycles. The molecule has 1 aliphatic rings. The number of amides is 1. The molecular formula is C23H24F3NO4. The van der Waals surface area contributed by atoms with Gasteiger partial charge in [0.25, 0.3) is 6.43 Å². The second-order valence-corrected chi connectivity index (χ2v) is 8.09. The number of carbonyl (C=O) groups is 2. The monoisotopic (exact) mass is 435 g/mol. The molecule has 0 unspecified atom stereocenters. The molecule has 1 atom stereocenters. The molecule has 2 N–H and O–H groups in total. The summed E-state index contributed by atoms with van der Waals surface area (Å²) in [4.78, 5) is 24.0. The molecule has 2 aromatic rings. The fourth-order valence-corrected chi connectivity index (χ4v) is 3.44. The van der Waals surface area contributed by atoms with Gasteiger partial charge < -0.3 is 15.2 Å². The number of hydrogen-bond donors (Lipinski definition) is 2. The first kappa shape index (κ1) is 22.8. The Morgan fingerprint density at radius 2 is 1.77 bits per heavy atom. The molecule has 5 nitrogen and oxygen atoms in total. The summed E-state index contributed by atoms with van der Waals surface area (Å²) in [7, 11) is 0. The van der Waals surface area contributed by atoms with Gasteiger partial charge in [0.2, 0.25) is 5.91 Å². The molecule has 0 spiro atoms. The summed E-state index contributed by atoms with van der Waals surface area (Å²) in [6.07, 6.45) is -2.29. The van der Waals surface area contributed by atoms with Gasteiger partial charge in [-0.3, -0.25) is 4.79 Å². The Hall–Kier alpha value is -2.87. The van der Waals surface area contributed by atoms with E-state index in [-0.39, 0.29) is 24.0 Å². The third kappa shape index (κ3) is 5.25. The molecule has 0 heterocycles. The van der Waals surface area contributed by atoms with Crippen LogP contribution in [0.25, 0.3) is 0 Å². The molecule has 0 aliphatic heterocycles. The highest BCUT2D eigenvalue weighted by Gasteiger charge is 2.46. The van der Waals surface area contributed by atoms with Crippen molar-refractivity contribution < 1.29 is 32.6 Å². The maximum absolute atomic E-state index is 13.8. The third-order valence-corrected chi connectivity index (χ3v) is 5.39. The average molecular weight is 435 g/mol. The van der Waals surface area contributed by atoms with Gasteiger partial charge in [-0.05, 0) is 48.1 Å². The van der Waals surface area contributed by atoms with E-state index in [1.807, 2.05) is 13.8 Å². The van der Waals surface area contributed by atoms with E-state index in [1.165, 1.54) is 18.2 Å². The van der Waals surface area contributed by atoms with Crippen LogP contribution >= 0.6 is 0 Å². The molecule has 0 saturated heterocycles. The minimum atomic E-state index is -2.90. The van der Waals surface area contributed by atoms with Crippen LogP contribution in [0, 0.1) is 11.7 Å². The molecule has 166 valence electrons. The molecule has 1 amide bonds. The first-order valence-electron chi connectivity index (χ1n) is 9.97. The topological polar surface area (TPSA) is 75.6 Å². The second kappa shape index (κ2) is 9.09. The lowest BCUT2D eigenvalue weighted by Gasteiger charge is -2.25. The number of carboxylic acid groups (broad SMARTS) is 1. The van der Waals surface area contributed by atoms with E-state index in [0.717, 1.165) is 30.5 Å². The van der Waals surface area contributed by atoms with Crippen LogP contribution in [0.2, 0.25) is 0 Å². The SMILES string of the molecule is CC(C)[C@@H](OCc1ccc(C(F)F)c(F)c1)C(=O)NC1(c2ccc(C(=O)O)cc2)CC1. The molecule has 0 radical (unpaired) electrons. The summed E-state index contributed by atoms with van der Waals surface area (Å²) in [5, 5.41) is 12.0. The van der Waals surface area contributed by atoms with Crippen LogP contribution in [0.15, 0.2) is 42.5 Å². The van der Waals surface area contributed by atoms with E-state index in [0.29, 0.717) is 5.56 Å². The van der Waals surface area contributed by atoms with Gasteiger partial charge in [0.15, 0.2) is 0 Å². The lowest BCUT2D eigenvalue weighted by atomic mass is 10.0. The quantitative estimate of drug-likeness (QED) is 0.593. The summed E-state index contributed by atoms with van der Waals surface area (Å²) in [6, 6.07) is 9.74. The Labute approximate surface area is 178 Å². The van der Waals surface area contributed by atoms with Gasteiger partial charge in [0.1, 0.15) is 11.9 Å². The minimum absolute atomic E-state index is 0.100. The first-order chi connectivity index (χ1) is 14.6. The Kier molecular flexibility index (Phi) is 6.69. The number of carbonyl (C=O) groups excluding carboxylic acids is 1. The van der Waals surface area contributed by atoms with Gasteiger partial charge in [0, 0.05) is 0 Å². The van der Waals surface area contributed by atoms with Crippen molar-refractivity contribution in [3.63, 3.8) is 0 Å². The van der Waals surface area contributed by atoms with Gasteiger partial charge in [-0.15, -0.1) is 0 Å². The van der Waals surface area contributed by atoms with Crippen molar-refractivity contribution in [3.8, 4) is 0 Å². The highest BCUT2D eigenvalue weighted by atomic mass is 19.3. The second-order valence-electron chi connectivity index (χ2n) is 8.09. The molecule has 1 fully saturated rings. The molecule has 3 rings (SSSR count). The Morgan fingerprint density at radius 3 is 2.26 bits per heavy atom. The van der Waals surface area contributed by atoms with Gasteiger partial charge >= 0.3 is 5.97 Å². The Morgan fingerprint density at radius 1 is 1.13 bits per heavy atom. The van der Waals surface area contributed by atoms with Crippen LogP contribution in [-0.4, -0.2) is 23.1 Å². The van der Waals surface area contributed by atoms with Crippen LogP contribution in [0.5, 0.6) is 0 Å². The summed E-state index contributed by atoms with van der Waals surface area (Å²) in [6.45, 7) is 3.52. The van der Waals surface area contributed by atoms with E-state index >= 15 is 0 Å².